The van der Waals surface area contributed by atoms with Crippen molar-refractivity contribution in [1.29, 1.82) is 0 Å². The first-order valence-corrected chi connectivity index (χ1v) is 8.76. The van der Waals surface area contributed by atoms with Crippen LogP contribution in [0.1, 0.15) is 22.8 Å². The number of esters is 1. The maximum Gasteiger partial charge on any atom is 0.339 e. The summed E-state index contributed by atoms with van der Waals surface area (Å²) < 4.78 is 32.0. The van der Waals surface area contributed by atoms with E-state index in [4.69, 9.17) is 16.3 Å². The van der Waals surface area contributed by atoms with E-state index in [-0.39, 0.29) is 27.8 Å². The van der Waals surface area contributed by atoms with Crippen molar-refractivity contribution in [3.05, 3.63) is 58.6 Å². The second-order valence-electron chi connectivity index (χ2n) is 4.83. The summed E-state index contributed by atoms with van der Waals surface area (Å²) >= 11 is 5.95. The van der Waals surface area contributed by atoms with Crippen LogP contribution in [0.2, 0.25) is 5.02 Å². The highest BCUT2D eigenvalue weighted by atomic mass is 35.5. The summed E-state index contributed by atoms with van der Waals surface area (Å²) in [6.45, 7) is 3.75. The Morgan fingerprint density at radius 3 is 2.43 bits per heavy atom. The third kappa shape index (κ3) is 4.24. The first-order valence-electron chi connectivity index (χ1n) is 6.89. The van der Waals surface area contributed by atoms with Gasteiger partial charge in [-0.3, -0.25) is 4.72 Å². The Balaban J connectivity index is 2.31. The van der Waals surface area contributed by atoms with E-state index in [9.17, 15) is 13.2 Å². The molecule has 0 radical (unpaired) electrons. The molecule has 0 atom stereocenters. The van der Waals surface area contributed by atoms with E-state index < -0.39 is 16.0 Å². The van der Waals surface area contributed by atoms with E-state index in [2.05, 4.69) is 4.72 Å². The number of aryl methyl sites for hydroxylation is 1. The molecule has 0 saturated carbocycles. The van der Waals surface area contributed by atoms with Crippen LogP contribution < -0.4 is 4.72 Å². The average molecular weight is 354 g/mol. The van der Waals surface area contributed by atoms with Crippen LogP contribution in [0, 0.1) is 6.92 Å². The fourth-order valence-corrected chi connectivity index (χ4v) is 3.13. The number of carbonyl (C=O) groups excluding carboxylic acids is 1. The number of halogens is 1. The molecule has 7 heteroatoms. The summed E-state index contributed by atoms with van der Waals surface area (Å²) in [4.78, 5) is 11.9. The highest BCUT2D eigenvalue weighted by Gasteiger charge is 2.17. The van der Waals surface area contributed by atoms with Gasteiger partial charge in [0.05, 0.1) is 22.1 Å². The Labute approximate surface area is 140 Å². The molecule has 5 nitrogen and oxygen atoms in total. The number of ether oxygens (including phenoxy) is 1. The second-order valence-corrected chi connectivity index (χ2v) is 6.92. The Morgan fingerprint density at radius 1 is 1.17 bits per heavy atom. The number of sulfonamides is 1. The molecule has 0 amide bonds. The summed E-state index contributed by atoms with van der Waals surface area (Å²) in [7, 11) is -3.74. The van der Waals surface area contributed by atoms with Crippen LogP contribution in [-0.2, 0) is 14.8 Å². The van der Waals surface area contributed by atoms with E-state index >= 15 is 0 Å². The molecule has 0 saturated heterocycles. The molecule has 0 aliphatic heterocycles. The lowest BCUT2D eigenvalue weighted by molar-refractivity contribution is 0.0526. The first-order chi connectivity index (χ1) is 10.8. The highest BCUT2D eigenvalue weighted by Crippen LogP contribution is 2.23. The van der Waals surface area contributed by atoms with Gasteiger partial charge >= 0.3 is 5.97 Å². The highest BCUT2D eigenvalue weighted by molar-refractivity contribution is 7.92. The topological polar surface area (TPSA) is 72.5 Å². The Kier molecular flexibility index (Phi) is 5.28. The summed E-state index contributed by atoms with van der Waals surface area (Å²) in [6.07, 6.45) is 0. The largest absolute Gasteiger partial charge is 0.462 e. The van der Waals surface area contributed by atoms with Crippen molar-refractivity contribution in [3.8, 4) is 0 Å². The molecular weight excluding hydrogens is 338 g/mol. The standard InChI is InChI=1S/C16H16ClNO4S/c1-3-22-16(19)14-10-12(6-9-15(14)17)18-23(20,21)13-7-4-11(2)5-8-13/h4-10,18H,3H2,1-2H3. The van der Waals surface area contributed by atoms with Gasteiger partial charge in [0.1, 0.15) is 0 Å². The van der Waals surface area contributed by atoms with Gasteiger partial charge < -0.3 is 4.74 Å². The smallest absolute Gasteiger partial charge is 0.339 e. The van der Waals surface area contributed by atoms with E-state index in [1.807, 2.05) is 6.92 Å². The molecular formula is C16H16ClNO4S. The van der Waals surface area contributed by atoms with Crippen LogP contribution in [-0.4, -0.2) is 21.0 Å². The molecule has 2 aromatic carbocycles. The van der Waals surface area contributed by atoms with Gasteiger partial charge in [0.25, 0.3) is 10.0 Å². The molecule has 0 bridgehead atoms. The molecule has 0 heterocycles. The molecule has 0 aromatic heterocycles. The molecule has 122 valence electrons. The van der Waals surface area contributed by atoms with Gasteiger partial charge in [-0.15, -0.1) is 0 Å². The predicted octanol–water partition coefficient (Wildman–Crippen LogP) is 3.63. The minimum Gasteiger partial charge on any atom is -0.462 e. The lowest BCUT2D eigenvalue weighted by atomic mass is 10.2. The van der Waals surface area contributed by atoms with E-state index in [0.29, 0.717) is 0 Å². The van der Waals surface area contributed by atoms with Crippen molar-refractivity contribution in [3.63, 3.8) is 0 Å². The zero-order chi connectivity index (χ0) is 17.0. The predicted molar refractivity (Wildman–Crippen MR) is 89.4 cm³/mol. The van der Waals surface area contributed by atoms with Gasteiger partial charge in [0, 0.05) is 5.69 Å². The van der Waals surface area contributed by atoms with Crippen molar-refractivity contribution < 1.29 is 17.9 Å². The molecule has 2 rings (SSSR count). The van der Waals surface area contributed by atoms with Crippen LogP contribution in [0.5, 0.6) is 0 Å². The summed E-state index contributed by atoms with van der Waals surface area (Å²) in [5.74, 6) is -0.603. The molecule has 0 aliphatic rings. The number of anilines is 1. The summed E-state index contributed by atoms with van der Waals surface area (Å²) in [5.41, 5.74) is 1.30. The Hall–Kier alpha value is -2.05. The quantitative estimate of drug-likeness (QED) is 0.833. The molecule has 23 heavy (non-hydrogen) atoms. The van der Waals surface area contributed by atoms with Gasteiger partial charge in [0.15, 0.2) is 0 Å². The molecule has 1 N–H and O–H groups in total. The molecule has 0 fully saturated rings. The second kappa shape index (κ2) is 7.02. The van der Waals surface area contributed by atoms with Crippen LogP contribution >= 0.6 is 11.6 Å². The third-order valence-corrected chi connectivity index (χ3v) is 4.77. The van der Waals surface area contributed by atoms with Gasteiger partial charge in [-0.25, -0.2) is 13.2 Å². The van der Waals surface area contributed by atoms with Crippen LogP contribution in [0.25, 0.3) is 0 Å². The number of nitrogens with one attached hydrogen (secondary N) is 1. The SMILES string of the molecule is CCOC(=O)c1cc(NS(=O)(=O)c2ccc(C)cc2)ccc1Cl. The fraction of sp³-hybridized carbons (Fsp3) is 0.188. The molecule has 0 aliphatic carbocycles. The fourth-order valence-electron chi connectivity index (χ4n) is 1.89. The minimum absolute atomic E-state index is 0.109. The van der Waals surface area contributed by atoms with E-state index in [1.165, 1.54) is 30.3 Å². The van der Waals surface area contributed by atoms with Crippen molar-refractivity contribution >= 4 is 33.3 Å². The number of benzene rings is 2. The van der Waals surface area contributed by atoms with E-state index in [0.717, 1.165) is 5.56 Å². The minimum atomic E-state index is -3.74. The molecule has 0 unspecified atom stereocenters. The molecule has 0 spiro atoms. The van der Waals surface area contributed by atoms with Crippen molar-refractivity contribution in [2.75, 3.05) is 11.3 Å². The average Bonchev–Trinajstić information content (AvgIpc) is 2.49. The van der Waals surface area contributed by atoms with Crippen LogP contribution in [0.3, 0.4) is 0 Å². The summed E-state index contributed by atoms with van der Waals surface area (Å²) in [6, 6.07) is 10.7. The Bertz CT molecular complexity index is 816. The zero-order valence-electron chi connectivity index (χ0n) is 12.7. The monoisotopic (exact) mass is 353 g/mol. The normalized spacial score (nSPS) is 11.1. The van der Waals surface area contributed by atoms with Crippen molar-refractivity contribution in [2.24, 2.45) is 0 Å². The van der Waals surface area contributed by atoms with Crippen LogP contribution in [0.4, 0.5) is 5.69 Å². The van der Waals surface area contributed by atoms with Gasteiger partial charge in [-0.1, -0.05) is 29.3 Å². The van der Waals surface area contributed by atoms with Gasteiger partial charge in [-0.05, 0) is 44.2 Å². The zero-order valence-corrected chi connectivity index (χ0v) is 14.2. The van der Waals surface area contributed by atoms with E-state index in [1.54, 1.807) is 19.1 Å². The number of rotatable bonds is 5. The number of carbonyl (C=O) groups is 1. The van der Waals surface area contributed by atoms with Gasteiger partial charge in [0.2, 0.25) is 0 Å². The first kappa shape index (κ1) is 17.3. The lowest BCUT2D eigenvalue weighted by Crippen LogP contribution is -2.14. The Morgan fingerprint density at radius 2 is 1.83 bits per heavy atom. The maximum atomic E-state index is 12.3. The maximum absolute atomic E-state index is 12.3. The van der Waals surface area contributed by atoms with Crippen LogP contribution in [0.15, 0.2) is 47.4 Å². The lowest BCUT2D eigenvalue weighted by Gasteiger charge is -2.10. The van der Waals surface area contributed by atoms with Crippen molar-refractivity contribution in [2.45, 2.75) is 18.7 Å². The third-order valence-electron chi connectivity index (χ3n) is 3.05. The number of hydrogen-bond donors (Lipinski definition) is 1. The molecule has 2 aromatic rings. The van der Waals surface area contributed by atoms with Gasteiger partial charge in [-0.2, -0.15) is 0 Å². The number of hydrogen-bond acceptors (Lipinski definition) is 4. The van der Waals surface area contributed by atoms with Crippen molar-refractivity contribution in [1.82, 2.24) is 0 Å². The summed E-state index contributed by atoms with van der Waals surface area (Å²) in [5, 5.41) is 0.196.